The predicted molar refractivity (Wildman–Crippen MR) is 54.1 cm³/mol. The lowest BCUT2D eigenvalue weighted by Crippen LogP contribution is -2.26. The van der Waals surface area contributed by atoms with E-state index in [1.54, 1.807) is 6.20 Å². The van der Waals surface area contributed by atoms with Crippen LogP contribution in [0.5, 0.6) is 0 Å². The Morgan fingerprint density at radius 3 is 2.92 bits per heavy atom. The Kier molecular flexibility index (Phi) is 2.38. The van der Waals surface area contributed by atoms with Crippen molar-refractivity contribution in [1.82, 2.24) is 4.98 Å². The number of hydrogen-bond acceptors (Lipinski definition) is 3. The molecule has 0 aromatic carbocycles. The van der Waals surface area contributed by atoms with Crippen molar-refractivity contribution in [3.8, 4) is 0 Å². The standard InChI is InChI=1S/C9H12ClN3/c10-7-1-2-9(12-5-7)13-4-3-8(11)6-13/h1-2,5,8H,3-4,6,11H2. The maximum Gasteiger partial charge on any atom is 0.128 e. The third kappa shape index (κ3) is 1.92. The number of anilines is 1. The molecule has 1 atom stereocenters. The molecule has 2 rings (SSSR count). The summed E-state index contributed by atoms with van der Waals surface area (Å²) in [6.45, 7) is 1.89. The smallest absolute Gasteiger partial charge is 0.128 e. The number of halogens is 1. The fourth-order valence-electron chi connectivity index (χ4n) is 1.55. The van der Waals surface area contributed by atoms with Gasteiger partial charge in [-0.25, -0.2) is 4.98 Å². The Morgan fingerprint density at radius 1 is 1.54 bits per heavy atom. The fourth-order valence-corrected chi connectivity index (χ4v) is 1.66. The second kappa shape index (κ2) is 3.52. The summed E-state index contributed by atoms with van der Waals surface area (Å²) in [4.78, 5) is 6.41. The average molecular weight is 198 g/mol. The van der Waals surface area contributed by atoms with Crippen LogP contribution in [0.3, 0.4) is 0 Å². The van der Waals surface area contributed by atoms with Gasteiger partial charge in [-0.1, -0.05) is 11.6 Å². The monoisotopic (exact) mass is 197 g/mol. The minimum absolute atomic E-state index is 0.289. The van der Waals surface area contributed by atoms with Gasteiger partial charge >= 0.3 is 0 Å². The molecule has 4 heteroatoms. The van der Waals surface area contributed by atoms with Gasteiger partial charge in [-0.3, -0.25) is 0 Å². The summed E-state index contributed by atoms with van der Waals surface area (Å²) in [7, 11) is 0. The molecule has 0 radical (unpaired) electrons. The SMILES string of the molecule is NC1CCN(c2ccc(Cl)cn2)C1. The van der Waals surface area contributed by atoms with Crippen LogP contribution in [0, 0.1) is 0 Å². The number of nitrogens with two attached hydrogens (primary N) is 1. The van der Waals surface area contributed by atoms with Gasteiger partial charge in [0, 0.05) is 25.3 Å². The van der Waals surface area contributed by atoms with Gasteiger partial charge in [-0.05, 0) is 18.6 Å². The van der Waals surface area contributed by atoms with Crippen LogP contribution >= 0.6 is 11.6 Å². The van der Waals surface area contributed by atoms with E-state index >= 15 is 0 Å². The molecule has 70 valence electrons. The summed E-state index contributed by atoms with van der Waals surface area (Å²) in [6.07, 6.45) is 2.71. The van der Waals surface area contributed by atoms with E-state index in [-0.39, 0.29) is 6.04 Å². The highest BCUT2D eigenvalue weighted by Gasteiger charge is 2.19. The first-order valence-corrected chi connectivity index (χ1v) is 4.75. The van der Waals surface area contributed by atoms with Crippen LogP contribution in [0.15, 0.2) is 18.3 Å². The van der Waals surface area contributed by atoms with E-state index in [1.165, 1.54) is 0 Å². The molecule has 1 saturated heterocycles. The number of aromatic nitrogens is 1. The van der Waals surface area contributed by atoms with Crippen molar-refractivity contribution in [2.24, 2.45) is 5.73 Å². The highest BCUT2D eigenvalue weighted by atomic mass is 35.5. The molecule has 13 heavy (non-hydrogen) atoms. The summed E-state index contributed by atoms with van der Waals surface area (Å²) in [5, 5.41) is 0.673. The molecule has 0 amide bonds. The van der Waals surface area contributed by atoms with Gasteiger partial charge in [-0.2, -0.15) is 0 Å². The van der Waals surface area contributed by atoms with Crippen LogP contribution in [-0.4, -0.2) is 24.1 Å². The van der Waals surface area contributed by atoms with Gasteiger partial charge in [0.15, 0.2) is 0 Å². The van der Waals surface area contributed by atoms with Crippen molar-refractivity contribution in [3.63, 3.8) is 0 Å². The molecule has 2 heterocycles. The van der Waals surface area contributed by atoms with E-state index in [0.717, 1.165) is 25.3 Å². The van der Waals surface area contributed by atoms with E-state index < -0.39 is 0 Å². The van der Waals surface area contributed by atoms with Gasteiger partial charge in [0.25, 0.3) is 0 Å². The van der Waals surface area contributed by atoms with E-state index in [9.17, 15) is 0 Å². The highest BCUT2D eigenvalue weighted by molar-refractivity contribution is 6.30. The van der Waals surface area contributed by atoms with Crippen LogP contribution < -0.4 is 10.6 Å². The molecular formula is C9H12ClN3. The van der Waals surface area contributed by atoms with Crippen molar-refractivity contribution >= 4 is 17.4 Å². The quantitative estimate of drug-likeness (QED) is 0.738. The average Bonchev–Trinajstić information content (AvgIpc) is 2.53. The Labute approximate surface area is 82.5 Å². The first-order valence-electron chi connectivity index (χ1n) is 4.38. The van der Waals surface area contributed by atoms with Gasteiger partial charge in [-0.15, -0.1) is 0 Å². The largest absolute Gasteiger partial charge is 0.355 e. The molecule has 1 fully saturated rings. The van der Waals surface area contributed by atoms with Gasteiger partial charge in [0.1, 0.15) is 5.82 Å². The second-order valence-electron chi connectivity index (χ2n) is 3.33. The van der Waals surface area contributed by atoms with Crippen molar-refractivity contribution in [2.45, 2.75) is 12.5 Å². The zero-order valence-electron chi connectivity index (χ0n) is 7.28. The predicted octanol–water partition coefficient (Wildman–Crippen LogP) is 1.27. The summed E-state index contributed by atoms with van der Waals surface area (Å²) in [5.41, 5.74) is 5.80. The van der Waals surface area contributed by atoms with Crippen molar-refractivity contribution < 1.29 is 0 Å². The van der Waals surface area contributed by atoms with Crippen LogP contribution in [0.1, 0.15) is 6.42 Å². The zero-order valence-corrected chi connectivity index (χ0v) is 8.04. The van der Waals surface area contributed by atoms with Crippen LogP contribution in [-0.2, 0) is 0 Å². The van der Waals surface area contributed by atoms with E-state index in [2.05, 4.69) is 9.88 Å². The minimum atomic E-state index is 0.289. The number of rotatable bonds is 1. The van der Waals surface area contributed by atoms with Gasteiger partial charge in [0.05, 0.1) is 5.02 Å². The molecule has 0 saturated carbocycles. The molecule has 1 unspecified atom stereocenters. The highest BCUT2D eigenvalue weighted by Crippen LogP contribution is 2.18. The third-order valence-electron chi connectivity index (χ3n) is 2.26. The number of hydrogen-bond donors (Lipinski definition) is 1. The lowest BCUT2D eigenvalue weighted by Gasteiger charge is -2.16. The van der Waals surface area contributed by atoms with E-state index in [4.69, 9.17) is 17.3 Å². The van der Waals surface area contributed by atoms with Crippen molar-refractivity contribution in [1.29, 1.82) is 0 Å². The molecule has 1 aliphatic rings. The van der Waals surface area contributed by atoms with E-state index in [1.807, 2.05) is 12.1 Å². The maximum absolute atomic E-state index is 5.80. The van der Waals surface area contributed by atoms with Crippen molar-refractivity contribution in [2.75, 3.05) is 18.0 Å². The number of nitrogens with zero attached hydrogens (tertiary/aromatic N) is 2. The molecule has 0 spiro atoms. The molecule has 2 N–H and O–H groups in total. The number of pyridine rings is 1. The van der Waals surface area contributed by atoms with Crippen LogP contribution in [0.4, 0.5) is 5.82 Å². The molecule has 1 aliphatic heterocycles. The summed E-state index contributed by atoms with van der Waals surface area (Å²) in [5.74, 6) is 0.970. The molecular weight excluding hydrogens is 186 g/mol. The lowest BCUT2D eigenvalue weighted by molar-refractivity contribution is 0.751. The Hall–Kier alpha value is -0.800. The lowest BCUT2D eigenvalue weighted by atomic mass is 10.3. The second-order valence-corrected chi connectivity index (χ2v) is 3.77. The minimum Gasteiger partial charge on any atom is -0.355 e. The maximum atomic E-state index is 5.80. The first kappa shape index (κ1) is 8.78. The van der Waals surface area contributed by atoms with Gasteiger partial charge < -0.3 is 10.6 Å². The van der Waals surface area contributed by atoms with Crippen molar-refractivity contribution in [3.05, 3.63) is 23.4 Å². The normalized spacial score (nSPS) is 22.3. The molecule has 1 aromatic heterocycles. The topological polar surface area (TPSA) is 42.1 Å². The van der Waals surface area contributed by atoms with Crippen LogP contribution in [0.2, 0.25) is 5.02 Å². The molecule has 3 nitrogen and oxygen atoms in total. The first-order chi connectivity index (χ1) is 6.25. The Balaban J connectivity index is 2.13. The molecule has 1 aromatic rings. The Morgan fingerprint density at radius 2 is 2.38 bits per heavy atom. The summed E-state index contributed by atoms with van der Waals surface area (Å²) in [6, 6.07) is 4.08. The summed E-state index contributed by atoms with van der Waals surface area (Å²) >= 11 is 5.74. The van der Waals surface area contributed by atoms with Crippen LogP contribution in [0.25, 0.3) is 0 Å². The summed E-state index contributed by atoms with van der Waals surface area (Å²) < 4.78 is 0. The fraction of sp³-hybridized carbons (Fsp3) is 0.444. The Bertz CT molecular complexity index is 285. The van der Waals surface area contributed by atoms with Gasteiger partial charge in [0.2, 0.25) is 0 Å². The van der Waals surface area contributed by atoms with E-state index in [0.29, 0.717) is 5.02 Å². The zero-order chi connectivity index (χ0) is 9.26. The molecule has 0 bridgehead atoms. The third-order valence-corrected chi connectivity index (χ3v) is 2.48. The molecule has 0 aliphatic carbocycles.